The maximum absolute atomic E-state index is 12.4. The monoisotopic (exact) mass is 340 g/mol. The Kier molecular flexibility index (Phi) is 6.03. The molecule has 0 aliphatic heterocycles. The van der Waals surface area contributed by atoms with E-state index in [4.69, 9.17) is 9.52 Å². The van der Waals surface area contributed by atoms with Crippen LogP contribution in [0.4, 0.5) is 4.79 Å². The molecule has 6 heteroatoms. The molecule has 5 nitrogen and oxygen atoms in total. The van der Waals surface area contributed by atoms with Crippen molar-refractivity contribution in [3.8, 4) is 0 Å². The second-order valence-corrected chi connectivity index (χ2v) is 8.03. The van der Waals surface area contributed by atoms with Crippen molar-refractivity contribution in [2.24, 2.45) is 5.41 Å². The Labute approximate surface area is 142 Å². The van der Waals surface area contributed by atoms with Crippen LogP contribution in [0.15, 0.2) is 10.5 Å². The first-order valence-corrected chi connectivity index (χ1v) is 9.50. The number of aryl methyl sites for hydroxylation is 1. The molecule has 3 N–H and O–H groups in total. The van der Waals surface area contributed by atoms with E-state index in [1.165, 1.54) is 0 Å². The molecule has 2 unspecified atom stereocenters. The average molecular weight is 340 g/mol. The first-order valence-electron chi connectivity index (χ1n) is 8.10. The van der Waals surface area contributed by atoms with E-state index in [2.05, 4.69) is 24.5 Å². The molecule has 23 heavy (non-hydrogen) atoms. The van der Waals surface area contributed by atoms with E-state index in [1.54, 1.807) is 11.8 Å². The molecule has 0 fully saturated rings. The number of fused-ring (bicyclic) bond motifs is 1. The van der Waals surface area contributed by atoms with E-state index in [-0.39, 0.29) is 30.1 Å². The lowest BCUT2D eigenvalue weighted by Crippen LogP contribution is -2.46. The zero-order chi connectivity index (χ0) is 17.0. The van der Waals surface area contributed by atoms with Crippen LogP contribution < -0.4 is 10.6 Å². The molecular weight excluding hydrogens is 312 g/mol. The number of aliphatic hydroxyl groups is 1. The Morgan fingerprint density at radius 1 is 1.57 bits per heavy atom. The number of hydrogen-bond donors (Lipinski definition) is 3. The number of thioether (sulfide) groups is 1. The topological polar surface area (TPSA) is 74.5 Å². The van der Waals surface area contributed by atoms with Crippen molar-refractivity contribution in [2.45, 2.75) is 52.1 Å². The molecular formula is C17H28N2O3S. The molecule has 1 aromatic rings. The van der Waals surface area contributed by atoms with Gasteiger partial charge < -0.3 is 20.2 Å². The second kappa shape index (κ2) is 7.62. The van der Waals surface area contributed by atoms with Crippen molar-refractivity contribution in [2.75, 3.05) is 18.6 Å². The minimum Gasteiger partial charge on any atom is -0.466 e. The smallest absolute Gasteiger partial charge is 0.315 e. The van der Waals surface area contributed by atoms with Gasteiger partial charge in [0.05, 0.1) is 6.04 Å². The number of urea groups is 1. The number of aliphatic hydroxyl groups excluding tert-OH is 1. The predicted molar refractivity (Wildman–Crippen MR) is 93.8 cm³/mol. The molecule has 0 spiro atoms. The van der Waals surface area contributed by atoms with E-state index in [0.717, 1.165) is 35.7 Å². The third kappa shape index (κ3) is 4.91. The van der Waals surface area contributed by atoms with Crippen molar-refractivity contribution < 1.29 is 14.3 Å². The molecule has 0 aromatic carbocycles. The highest BCUT2D eigenvalue weighted by Crippen LogP contribution is 2.41. The SMILES string of the molecule is CSCC(CCO)NC(=O)NC1CC(C)(C)Cc2oc(C)cc21. The summed E-state index contributed by atoms with van der Waals surface area (Å²) < 4.78 is 5.80. The quantitative estimate of drug-likeness (QED) is 0.744. The van der Waals surface area contributed by atoms with E-state index in [0.29, 0.717) is 6.42 Å². The first-order chi connectivity index (χ1) is 10.8. The Morgan fingerprint density at radius 2 is 2.30 bits per heavy atom. The van der Waals surface area contributed by atoms with Crippen LogP contribution in [-0.4, -0.2) is 35.8 Å². The van der Waals surface area contributed by atoms with E-state index in [9.17, 15) is 4.79 Å². The van der Waals surface area contributed by atoms with Crippen molar-refractivity contribution in [1.82, 2.24) is 10.6 Å². The number of furan rings is 1. The van der Waals surface area contributed by atoms with E-state index in [1.807, 2.05) is 19.2 Å². The fourth-order valence-corrected chi connectivity index (χ4v) is 3.91. The minimum atomic E-state index is -0.176. The highest BCUT2D eigenvalue weighted by molar-refractivity contribution is 7.98. The third-order valence-electron chi connectivity index (χ3n) is 4.22. The second-order valence-electron chi connectivity index (χ2n) is 7.12. The van der Waals surface area contributed by atoms with Crippen LogP contribution in [0.1, 0.15) is 49.8 Å². The summed E-state index contributed by atoms with van der Waals surface area (Å²) >= 11 is 1.66. The molecule has 0 bridgehead atoms. The summed E-state index contributed by atoms with van der Waals surface area (Å²) in [6, 6.07) is 1.81. The van der Waals surface area contributed by atoms with Gasteiger partial charge in [-0.25, -0.2) is 4.79 Å². The van der Waals surface area contributed by atoms with Gasteiger partial charge in [0.25, 0.3) is 0 Å². The van der Waals surface area contributed by atoms with Gasteiger partial charge in [0, 0.05) is 30.4 Å². The van der Waals surface area contributed by atoms with Crippen molar-refractivity contribution in [1.29, 1.82) is 0 Å². The first kappa shape index (κ1) is 18.2. The highest BCUT2D eigenvalue weighted by atomic mass is 32.2. The maximum Gasteiger partial charge on any atom is 0.315 e. The Hall–Kier alpha value is -1.14. The molecule has 2 amide bonds. The number of rotatable bonds is 6. The number of hydrogen-bond acceptors (Lipinski definition) is 4. The molecule has 130 valence electrons. The van der Waals surface area contributed by atoms with Crippen LogP contribution >= 0.6 is 11.8 Å². The predicted octanol–water partition coefficient (Wildman–Crippen LogP) is 3.01. The fraction of sp³-hybridized carbons (Fsp3) is 0.706. The van der Waals surface area contributed by atoms with Crippen molar-refractivity contribution in [3.05, 3.63) is 23.2 Å². The summed E-state index contributed by atoms with van der Waals surface area (Å²) in [5.74, 6) is 2.67. The van der Waals surface area contributed by atoms with Crippen molar-refractivity contribution in [3.63, 3.8) is 0 Å². The number of carbonyl (C=O) groups is 1. The van der Waals surface area contributed by atoms with Crippen molar-refractivity contribution >= 4 is 17.8 Å². The fourth-order valence-electron chi connectivity index (χ4n) is 3.25. The summed E-state index contributed by atoms with van der Waals surface area (Å²) in [6.07, 6.45) is 4.35. The van der Waals surface area contributed by atoms with Gasteiger partial charge in [0.2, 0.25) is 0 Å². The molecule has 0 saturated heterocycles. The van der Waals surface area contributed by atoms with Crippen LogP contribution in [-0.2, 0) is 6.42 Å². The highest BCUT2D eigenvalue weighted by Gasteiger charge is 2.35. The molecule has 2 rings (SSSR count). The van der Waals surface area contributed by atoms with Gasteiger partial charge in [-0.05, 0) is 37.5 Å². The van der Waals surface area contributed by atoms with Gasteiger partial charge in [-0.3, -0.25) is 0 Å². The molecule has 1 aliphatic carbocycles. The maximum atomic E-state index is 12.4. The lowest BCUT2D eigenvalue weighted by atomic mass is 9.75. The third-order valence-corrected chi connectivity index (χ3v) is 4.96. The Morgan fingerprint density at radius 3 is 2.96 bits per heavy atom. The molecule has 1 aromatic heterocycles. The molecule has 0 radical (unpaired) electrons. The van der Waals surface area contributed by atoms with Gasteiger partial charge in [-0.2, -0.15) is 11.8 Å². The van der Waals surface area contributed by atoms with E-state index < -0.39 is 0 Å². The zero-order valence-electron chi connectivity index (χ0n) is 14.4. The molecule has 2 atom stereocenters. The normalized spacial score (nSPS) is 20.7. The van der Waals surface area contributed by atoms with Crippen LogP contribution in [0, 0.1) is 12.3 Å². The largest absolute Gasteiger partial charge is 0.466 e. The standard InChI is InChI=1S/C17H28N2O3S/c1-11-7-13-14(8-17(2,3)9-15(13)22-11)19-16(21)18-12(5-6-20)10-23-4/h7,12,14,20H,5-6,8-10H2,1-4H3,(H2,18,19,21). The number of amides is 2. The van der Waals surface area contributed by atoms with Crippen LogP contribution in [0.25, 0.3) is 0 Å². The summed E-state index contributed by atoms with van der Waals surface area (Å²) in [5.41, 5.74) is 1.19. The Balaban J connectivity index is 2.05. The lowest BCUT2D eigenvalue weighted by molar-refractivity contribution is 0.209. The number of nitrogens with one attached hydrogen (secondary N) is 2. The molecule has 1 heterocycles. The molecule has 0 saturated carbocycles. The van der Waals surface area contributed by atoms with Crippen LogP contribution in [0.5, 0.6) is 0 Å². The number of carbonyl (C=O) groups excluding carboxylic acids is 1. The summed E-state index contributed by atoms with van der Waals surface area (Å²) in [6.45, 7) is 6.41. The lowest BCUT2D eigenvalue weighted by Gasteiger charge is -2.35. The van der Waals surface area contributed by atoms with Crippen LogP contribution in [0.2, 0.25) is 0 Å². The summed E-state index contributed by atoms with van der Waals surface area (Å²) in [7, 11) is 0. The zero-order valence-corrected chi connectivity index (χ0v) is 15.3. The van der Waals surface area contributed by atoms with Crippen LogP contribution in [0.3, 0.4) is 0 Å². The summed E-state index contributed by atoms with van der Waals surface area (Å²) in [4.78, 5) is 12.4. The summed E-state index contributed by atoms with van der Waals surface area (Å²) in [5, 5.41) is 15.2. The van der Waals surface area contributed by atoms with E-state index >= 15 is 0 Å². The van der Waals surface area contributed by atoms with Gasteiger partial charge >= 0.3 is 6.03 Å². The minimum absolute atomic E-state index is 0.0165. The van der Waals surface area contributed by atoms with Gasteiger partial charge in [0.15, 0.2) is 0 Å². The Bertz CT molecular complexity index is 536. The van der Waals surface area contributed by atoms with Gasteiger partial charge in [-0.1, -0.05) is 13.8 Å². The molecule has 1 aliphatic rings. The average Bonchev–Trinajstić information content (AvgIpc) is 2.78. The van der Waals surface area contributed by atoms with Gasteiger partial charge in [0.1, 0.15) is 11.5 Å². The van der Waals surface area contributed by atoms with Gasteiger partial charge in [-0.15, -0.1) is 0 Å².